The van der Waals surface area contributed by atoms with Crippen LogP contribution < -0.4 is 16.8 Å². The van der Waals surface area contributed by atoms with Gasteiger partial charge in [0, 0.05) is 12.6 Å². The van der Waals surface area contributed by atoms with E-state index in [1.165, 1.54) is 0 Å². The fourth-order valence-corrected chi connectivity index (χ4v) is 1.19. The molecule has 13 heavy (non-hydrogen) atoms. The lowest BCUT2D eigenvalue weighted by atomic mass is 10.1. The highest BCUT2D eigenvalue weighted by Crippen LogP contribution is 2.00. The van der Waals surface area contributed by atoms with E-state index in [0.717, 1.165) is 19.3 Å². The average Bonchev–Trinajstić information content (AvgIpc) is 2.11. The highest BCUT2D eigenvalue weighted by Gasteiger charge is 2.11. The van der Waals surface area contributed by atoms with Gasteiger partial charge in [-0.15, -0.1) is 0 Å². The molecule has 0 rings (SSSR count). The maximum absolute atomic E-state index is 10.6. The summed E-state index contributed by atoms with van der Waals surface area (Å²) in [6, 6.07) is -0.110. The molecular weight excluding hydrogens is 166 g/mol. The smallest absolute Gasteiger partial charge is 0.235 e. The Morgan fingerprint density at radius 1 is 1.46 bits per heavy atom. The van der Waals surface area contributed by atoms with Crippen molar-refractivity contribution in [3.8, 4) is 0 Å². The fraction of sp³-hybridized carbons (Fsp3) is 0.889. The van der Waals surface area contributed by atoms with Gasteiger partial charge in [0.1, 0.15) is 0 Å². The molecule has 0 heterocycles. The maximum Gasteiger partial charge on any atom is 0.235 e. The maximum atomic E-state index is 10.6. The van der Waals surface area contributed by atoms with Crippen LogP contribution in [-0.2, 0) is 4.79 Å². The zero-order valence-electron chi connectivity index (χ0n) is 8.55. The van der Waals surface area contributed by atoms with E-state index in [0.29, 0.717) is 12.6 Å². The summed E-state index contributed by atoms with van der Waals surface area (Å²) in [7, 11) is 0. The standard InChI is InChI=1S/C9H21N3O/c1-3-5-7(4-2)12-6-8(10)9(11)13/h7-8,12H,3-6,10H2,1-2H3,(H2,11,13). The Hall–Kier alpha value is -0.610. The van der Waals surface area contributed by atoms with Gasteiger partial charge in [-0.2, -0.15) is 0 Å². The van der Waals surface area contributed by atoms with Gasteiger partial charge in [-0.1, -0.05) is 20.3 Å². The van der Waals surface area contributed by atoms with Crippen molar-refractivity contribution in [3.63, 3.8) is 0 Å². The van der Waals surface area contributed by atoms with Crippen LogP contribution in [0.25, 0.3) is 0 Å². The molecule has 2 unspecified atom stereocenters. The molecule has 4 nitrogen and oxygen atoms in total. The van der Waals surface area contributed by atoms with E-state index >= 15 is 0 Å². The monoisotopic (exact) mass is 187 g/mol. The van der Waals surface area contributed by atoms with Gasteiger partial charge in [0.05, 0.1) is 6.04 Å². The van der Waals surface area contributed by atoms with Gasteiger partial charge < -0.3 is 16.8 Å². The highest BCUT2D eigenvalue weighted by molar-refractivity contribution is 5.79. The van der Waals surface area contributed by atoms with Crippen molar-refractivity contribution < 1.29 is 4.79 Å². The first-order chi connectivity index (χ1) is 6.11. The number of hydrogen-bond donors (Lipinski definition) is 3. The zero-order chi connectivity index (χ0) is 10.3. The molecule has 78 valence electrons. The van der Waals surface area contributed by atoms with Gasteiger partial charge in [-0.25, -0.2) is 0 Å². The van der Waals surface area contributed by atoms with E-state index in [4.69, 9.17) is 11.5 Å². The van der Waals surface area contributed by atoms with E-state index in [1.54, 1.807) is 0 Å². The lowest BCUT2D eigenvalue weighted by molar-refractivity contribution is -0.119. The summed E-state index contributed by atoms with van der Waals surface area (Å²) in [5.41, 5.74) is 10.5. The number of primary amides is 1. The summed E-state index contributed by atoms with van der Waals surface area (Å²) in [5, 5.41) is 3.23. The van der Waals surface area contributed by atoms with Crippen LogP contribution in [0, 0.1) is 0 Å². The minimum Gasteiger partial charge on any atom is -0.368 e. The van der Waals surface area contributed by atoms with Crippen LogP contribution in [0.2, 0.25) is 0 Å². The van der Waals surface area contributed by atoms with Gasteiger partial charge in [0.25, 0.3) is 0 Å². The molecule has 0 radical (unpaired) electrons. The summed E-state index contributed by atoms with van der Waals surface area (Å²) < 4.78 is 0. The second-order valence-electron chi connectivity index (χ2n) is 3.31. The topological polar surface area (TPSA) is 81.1 Å². The molecule has 0 bridgehead atoms. The number of rotatable bonds is 7. The van der Waals surface area contributed by atoms with Crippen LogP contribution >= 0.6 is 0 Å². The van der Waals surface area contributed by atoms with Crippen LogP contribution in [-0.4, -0.2) is 24.5 Å². The lowest BCUT2D eigenvalue weighted by Gasteiger charge is -2.17. The number of hydrogen-bond acceptors (Lipinski definition) is 3. The van der Waals surface area contributed by atoms with Crippen LogP contribution in [0.4, 0.5) is 0 Å². The van der Waals surface area contributed by atoms with Crippen LogP contribution in [0.5, 0.6) is 0 Å². The van der Waals surface area contributed by atoms with E-state index in [9.17, 15) is 4.79 Å². The molecule has 1 amide bonds. The van der Waals surface area contributed by atoms with Crippen molar-refractivity contribution in [1.82, 2.24) is 5.32 Å². The average molecular weight is 187 g/mol. The zero-order valence-corrected chi connectivity index (χ0v) is 8.55. The molecule has 0 aliphatic rings. The van der Waals surface area contributed by atoms with Gasteiger partial charge >= 0.3 is 0 Å². The second kappa shape index (κ2) is 6.86. The molecule has 0 aliphatic carbocycles. The molecule has 0 aromatic carbocycles. The first-order valence-electron chi connectivity index (χ1n) is 4.90. The number of carbonyl (C=O) groups is 1. The van der Waals surface area contributed by atoms with Crippen LogP contribution in [0.1, 0.15) is 33.1 Å². The quantitative estimate of drug-likeness (QED) is 0.523. The molecule has 0 fully saturated rings. The summed E-state index contributed by atoms with van der Waals surface area (Å²) in [6.45, 7) is 4.73. The van der Waals surface area contributed by atoms with Crippen molar-refractivity contribution >= 4 is 5.91 Å². The van der Waals surface area contributed by atoms with Gasteiger partial charge in [0.15, 0.2) is 0 Å². The Morgan fingerprint density at radius 3 is 2.46 bits per heavy atom. The Morgan fingerprint density at radius 2 is 2.08 bits per heavy atom. The third kappa shape index (κ3) is 5.60. The van der Waals surface area contributed by atoms with Crippen molar-refractivity contribution in [2.75, 3.05) is 6.54 Å². The number of amides is 1. The van der Waals surface area contributed by atoms with Crippen LogP contribution in [0.3, 0.4) is 0 Å². The Kier molecular flexibility index (Phi) is 6.54. The molecule has 0 aromatic heterocycles. The largest absolute Gasteiger partial charge is 0.368 e. The molecule has 4 heteroatoms. The highest BCUT2D eigenvalue weighted by atomic mass is 16.1. The molecule has 0 aromatic rings. The predicted molar refractivity (Wildman–Crippen MR) is 54.2 cm³/mol. The molecule has 0 spiro atoms. The van der Waals surface area contributed by atoms with E-state index < -0.39 is 11.9 Å². The number of nitrogens with one attached hydrogen (secondary N) is 1. The molecular formula is C9H21N3O. The van der Waals surface area contributed by atoms with Crippen molar-refractivity contribution in [1.29, 1.82) is 0 Å². The number of carbonyl (C=O) groups excluding carboxylic acids is 1. The van der Waals surface area contributed by atoms with Crippen molar-refractivity contribution in [3.05, 3.63) is 0 Å². The third-order valence-corrected chi connectivity index (χ3v) is 2.12. The Labute approximate surface area is 80.0 Å². The van der Waals surface area contributed by atoms with Crippen molar-refractivity contribution in [2.24, 2.45) is 11.5 Å². The molecule has 0 aliphatic heterocycles. The van der Waals surface area contributed by atoms with Gasteiger partial charge in [0.2, 0.25) is 5.91 Å². The molecule has 2 atom stereocenters. The predicted octanol–water partition coefficient (Wildman–Crippen LogP) is -0.0327. The van der Waals surface area contributed by atoms with Crippen molar-refractivity contribution in [2.45, 2.75) is 45.2 Å². The lowest BCUT2D eigenvalue weighted by Crippen LogP contribution is -2.46. The second-order valence-corrected chi connectivity index (χ2v) is 3.31. The minimum absolute atomic E-state index is 0.446. The van der Waals surface area contributed by atoms with E-state index in [1.807, 2.05) is 0 Å². The number of nitrogens with two attached hydrogens (primary N) is 2. The van der Waals surface area contributed by atoms with E-state index in [2.05, 4.69) is 19.2 Å². The minimum atomic E-state index is -0.564. The Bertz CT molecular complexity index is 150. The molecule has 5 N–H and O–H groups in total. The summed E-state index contributed by atoms with van der Waals surface area (Å²) in [6.07, 6.45) is 3.30. The summed E-state index contributed by atoms with van der Waals surface area (Å²) in [5.74, 6) is -0.446. The SMILES string of the molecule is CCCC(CC)NCC(N)C(N)=O. The third-order valence-electron chi connectivity index (χ3n) is 2.12. The van der Waals surface area contributed by atoms with Gasteiger partial charge in [-0.05, 0) is 12.8 Å². The normalized spacial score (nSPS) is 15.3. The molecule has 0 saturated carbocycles. The summed E-state index contributed by atoms with van der Waals surface area (Å²) in [4.78, 5) is 10.6. The van der Waals surface area contributed by atoms with E-state index in [-0.39, 0.29) is 0 Å². The Balaban J connectivity index is 3.64. The molecule has 0 saturated heterocycles. The fourth-order valence-electron chi connectivity index (χ4n) is 1.19. The van der Waals surface area contributed by atoms with Gasteiger partial charge in [-0.3, -0.25) is 4.79 Å². The van der Waals surface area contributed by atoms with Crippen LogP contribution in [0.15, 0.2) is 0 Å². The first kappa shape index (κ1) is 12.4. The summed E-state index contributed by atoms with van der Waals surface area (Å²) >= 11 is 0. The first-order valence-corrected chi connectivity index (χ1v) is 4.90.